The largest absolute Gasteiger partial charge is 1.00 e. The monoisotopic (exact) mass is 294 g/mol. The predicted octanol–water partition coefficient (Wildman–Crippen LogP) is -1.22. The van der Waals surface area contributed by atoms with Gasteiger partial charge in [0.05, 0.1) is 0 Å². The fraction of sp³-hybridized carbons (Fsp3) is 0.364. The number of thiocarbonyl (C=S) groups is 1. The summed E-state index contributed by atoms with van der Waals surface area (Å²) in [5.41, 5.74) is 1.05. The first-order valence-corrected chi connectivity index (χ1v) is 5.95. The number of rotatable bonds is 1. The maximum Gasteiger partial charge on any atom is 1.00 e. The van der Waals surface area contributed by atoms with Crippen LogP contribution in [0.15, 0.2) is 24.3 Å². The molecule has 6 heteroatoms. The molecule has 0 radical (unpaired) electrons. The summed E-state index contributed by atoms with van der Waals surface area (Å²) in [6.45, 7) is 3.45. The Morgan fingerprint density at radius 2 is 1.65 bits per heavy atom. The molecule has 17 heavy (non-hydrogen) atoms. The third-order valence-electron chi connectivity index (χ3n) is 2.73. The van der Waals surface area contributed by atoms with Crippen LogP contribution in [0.5, 0.6) is 0 Å². The van der Waals surface area contributed by atoms with Gasteiger partial charge in [0.25, 0.3) is 0 Å². The van der Waals surface area contributed by atoms with Crippen LogP contribution in [0.1, 0.15) is 0 Å². The molecule has 0 aromatic heterocycles. The van der Waals surface area contributed by atoms with Crippen LogP contribution in [-0.2, 0) is 12.6 Å². The SMILES string of the molecule is Fc1ccc(N2CCN(C(=S)[S-])CC2)cc1.[K+]. The van der Waals surface area contributed by atoms with Crippen LogP contribution in [0.3, 0.4) is 0 Å². The van der Waals surface area contributed by atoms with E-state index < -0.39 is 0 Å². The van der Waals surface area contributed by atoms with Crippen molar-refractivity contribution in [3.63, 3.8) is 0 Å². The number of hydrogen-bond acceptors (Lipinski definition) is 3. The van der Waals surface area contributed by atoms with E-state index in [1.54, 1.807) is 12.1 Å². The van der Waals surface area contributed by atoms with Gasteiger partial charge in [-0.25, -0.2) is 4.39 Å². The zero-order chi connectivity index (χ0) is 11.5. The van der Waals surface area contributed by atoms with E-state index in [1.807, 2.05) is 4.90 Å². The molecular weight excluding hydrogens is 282 g/mol. The fourth-order valence-corrected chi connectivity index (χ4v) is 2.16. The Balaban J connectivity index is 0.00000144. The van der Waals surface area contributed by atoms with Gasteiger partial charge in [0, 0.05) is 31.9 Å². The standard InChI is InChI=1S/C11H13FN2S2.K/c12-9-1-3-10(4-2-9)13-5-7-14(8-6-13)11(15)16;/h1-4H,5-8H2,(H,15,16);/q;+1/p-1. The third kappa shape index (κ3) is 4.38. The van der Waals surface area contributed by atoms with E-state index in [0.29, 0.717) is 4.32 Å². The minimum Gasteiger partial charge on any atom is -0.411 e. The molecule has 2 nitrogen and oxygen atoms in total. The molecule has 0 aliphatic carbocycles. The van der Waals surface area contributed by atoms with Crippen LogP contribution in [0.25, 0.3) is 0 Å². The van der Waals surface area contributed by atoms with Crippen molar-refractivity contribution in [1.29, 1.82) is 0 Å². The Labute approximate surface area is 154 Å². The molecule has 1 aromatic carbocycles. The Kier molecular flexibility index (Phi) is 6.79. The van der Waals surface area contributed by atoms with Gasteiger partial charge in [-0.1, -0.05) is 4.32 Å². The molecular formula is C11H12FKN2S2. The second kappa shape index (κ2) is 7.33. The van der Waals surface area contributed by atoms with Gasteiger partial charge in [0.2, 0.25) is 0 Å². The summed E-state index contributed by atoms with van der Waals surface area (Å²) in [6, 6.07) is 6.58. The molecule has 1 heterocycles. The van der Waals surface area contributed by atoms with Crippen LogP contribution in [0.4, 0.5) is 10.1 Å². The van der Waals surface area contributed by atoms with Gasteiger partial charge in [-0.05, 0) is 24.3 Å². The number of hydrogen-bond donors (Lipinski definition) is 0. The molecule has 1 aromatic rings. The van der Waals surface area contributed by atoms with E-state index in [9.17, 15) is 4.39 Å². The molecule has 86 valence electrons. The van der Waals surface area contributed by atoms with Gasteiger partial charge < -0.3 is 34.6 Å². The number of benzene rings is 1. The Morgan fingerprint density at radius 1 is 1.12 bits per heavy atom. The van der Waals surface area contributed by atoms with Crippen LogP contribution >= 0.6 is 12.2 Å². The first kappa shape index (κ1) is 15.8. The van der Waals surface area contributed by atoms with Crippen molar-refractivity contribution in [3.05, 3.63) is 30.1 Å². The van der Waals surface area contributed by atoms with E-state index in [1.165, 1.54) is 12.1 Å². The van der Waals surface area contributed by atoms with E-state index in [-0.39, 0.29) is 57.2 Å². The zero-order valence-electron chi connectivity index (χ0n) is 9.73. The van der Waals surface area contributed by atoms with Gasteiger partial charge in [-0.3, -0.25) is 0 Å². The average molecular weight is 294 g/mol. The van der Waals surface area contributed by atoms with Crippen molar-refractivity contribution in [2.45, 2.75) is 0 Å². The average Bonchev–Trinajstić information content (AvgIpc) is 2.30. The smallest absolute Gasteiger partial charge is 0.411 e. The second-order valence-corrected chi connectivity index (χ2v) is 4.75. The molecule has 2 rings (SSSR count). The minimum atomic E-state index is -0.200. The van der Waals surface area contributed by atoms with Crippen LogP contribution in [-0.4, -0.2) is 35.4 Å². The van der Waals surface area contributed by atoms with Crippen molar-refractivity contribution in [2.75, 3.05) is 31.1 Å². The minimum absolute atomic E-state index is 0. The van der Waals surface area contributed by atoms with Crippen molar-refractivity contribution in [3.8, 4) is 0 Å². The quantitative estimate of drug-likeness (QED) is 0.364. The van der Waals surface area contributed by atoms with E-state index >= 15 is 0 Å². The van der Waals surface area contributed by atoms with Gasteiger partial charge >= 0.3 is 51.4 Å². The molecule has 1 saturated heterocycles. The summed E-state index contributed by atoms with van der Waals surface area (Å²) in [5.74, 6) is -0.200. The maximum atomic E-state index is 12.8. The molecule has 0 N–H and O–H groups in total. The van der Waals surface area contributed by atoms with Gasteiger partial charge in [-0.2, -0.15) is 0 Å². The van der Waals surface area contributed by atoms with Gasteiger partial charge in [-0.15, -0.1) is 0 Å². The third-order valence-corrected chi connectivity index (χ3v) is 3.25. The Morgan fingerprint density at radius 3 is 2.12 bits per heavy atom. The normalized spacial score (nSPS) is 15.4. The van der Waals surface area contributed by atoms with Crippen molar-refractivity contribution in [2.24, 2.45) is 0 Å². The van der Waals surface area contributed by atoms with E-state index in [2.05, 4.69) is 4.90 Å². The maximum absolute atomic E-state index is 12.8. The second-order valence-electron chi connectivity index (χ2n) is 3.72. The molecule has 0 atom stereocenters. The van der Waals surface area contributed by atoms with Crippen molar-refractivity contribution in [1.82, 2.24) is 4.90 Å². The summed E-state index contributed by atoms with van der Waals surface area (Å²) in [6.07, 6.45) is 0. The van der Waals surface area contributed by atoms with Crippen LogP contribution < -0.4 is 56.3 Å². The number of nitrogens with zero attached hydrogens (tertiary/aromatic N) is 2. The summed E-state index contributed by atoms with van der Waals surface area (Å²) < 4.78 is 13.3. The zero-order valence-corrected chi connectivity index (χ0v) is 14.5. The summed E-state index contributed by atoms with van der Waals surface area (Å²) in [5, 5.41) is 0. The van der Waals surface area contributed by atoms with E-state index in [0.717, 1.165) is 31.9 Å². The molecule has 1 fully saturated rings. The summed E-state index contributed by atoms with van der Waals surface area (Å²) in [7, 11) is 0. The number of piperazine rings is 1. The predicted molar refractivity (Wildman–Crippen MR) is 70.1 cm³/mol. The molecule has 1 aliphatic heterocycles. The van der Waals surface area contributed by atoms with Crippen molar-refractivity contribution >= 4 is 34.9 Å². The molecule has 0 spiro atoms. The topological polar surface area (TPSA) is 6.48 Å². The van der Waals surface area contributed by atoms with E-state index in [4.69, 9.17) is 24.8 Å². The number of anilines is 1. The molecule has 0 amide bonds. The molecule has 0 bridgehead atoms. The molecule has 0 saturated carbocycles. The van der Waals surface area contributed by atoms with Gasteiger partial charge in [0.15, 0.2) is 0 Å². The molecule has 1 aliphatic rings. The Hall–Kier alpha value is 0.696. The Bertz CT molecular complexity index is 378. The number of halogens is 1. The summed E-state index contributed by atoms with van der Waals surface area (Å²) in [4.78, 5) is 4.23. The van der Waals surface area contributed by atoms with Crippen molar-refractivity contribution < 1.29 is 55.8 Å². The first-order valence-electron chi connectivity index (χ1n) is 5.13. The van der Waals surface area contributed by atoms with Crippen LogP contribution in [0.2, 0.25) is 0 Å². The fourth-order valence-electron chi connectivity index (χ4n) is 1.80. The molecule has 0 unspecified atom stereocenters. The first-order chi connectivity index (χ1) is 7.66. The van der Waals surface area contributed by atoms with Gasteiger partial charge in [0.1, 0.15) is 5.82 Å². The summed E-state index contributed by atoms with van der Waals surface area (Å²) >= 11 is 9.92. The van der Waals surface area contributed by atoms with Crippen LogP contribution in [0, 0.1) is 5.82 Å².